The third kappa shape index (κ3) is 3.95. The zero-order valence-electron chi connectivity index (χ0n) is 12.5. The molecule has 1 aromatic carbocycles. The molecule has 3 rings (SSSR count). The van der Waals surface area contributed by atoms with Crippen LogP contribution in [0.5, 0.6) is 5.75 Å². The summed E-state index contributed by atoms with van der Waals surface area (Å²) in [7, 11) is 0. The van der Waals surface area contributed by atoms with Crippen molar-refractivity contribution in [2.75, 3.05) is 5.32 Å². The molecule has 0 fully saturated rings. The molecule has 7 heteroatoms. The smallest absolute Gasteiger partial charge is 0.255 e. The van der Waals surface area contributed by atoms with E-state index in [4.69, 9.17) is 10.5 Å². The first-order chi connectivity index (χ1) is 11.6. The Hall–Kier alpha value is -2.77. The fourth-order valence-corrected chi connectivity index (χ4v) is 2.57. The topological polar surface area (TPSA) is 77.2 Å². The second-order valence-corrected chi connectivity index (χ2v) is 5.82. The van der Waals surface area contributed by atoms with Crippen LogP contribution in [0.4, 0.5) is 9.52 Å². The van der Waals surface area contributed by atoms with Gasteiger partial charge in [0, 0.05) is 17.2 Å². The number of ether oxygens (including phenoxy) is 1. The third-order valence-electron chi connectivity index (χ3n) is 3.20. The molecular formula is C17H14FN3O2S. The molecule has 2 aromatic rings. The van der Waals surface area contributed by atoms with Crippen molar-refractivity contribution in [1.82, 2.24) is 4.98 Å². The summed E-state index contributed by atoms with van der Waals surface area (Å²) in [5.74, 6) is 0.188. The van der Waals surface area contributed by atoms with Gasteiger partial charge in [0.05, 0.1) is 6.04 Å². The Morgan fingerprint density at radius 3 is 2.83 bits per heavy atom. The first-order valence-corrected chi connectivity index (χ1v) is 8.00. The molecular weight excluding hydrogens is 329 g/mol. The van der Waals surface area contributed by atoms with Crippen molar-refractivity contribution >= 4 is 22.4 Å². The maximum atomic E-state index is 13.0. The molecule has 0 aliphatic heterocycles. The number of nitrogens with one attached hydrogen (secondary N) is 1. The number of amides is 1. The van der Waals surface area contributed by atoms with E-state index in [1.807, 2.05) is 0 Å². The number of benzene rings is 1. The van der Waals surface area contributed by atoms with Gasteiger partial charge in [0.1, 0.15) is 17.3 Å². The Labute approximate surface area is 142 Å². The monoisotopic (exact) mass is 343 g/mol. The molecule has 0 bridgehead atoms. The molecule has 24 heavy (non-hydrogen) atoms. The molecule has 0 radical (unpaired) electrons. The fourth-order valence-electron chi connectivity index (χ4n) is 2.04. The molecule has 0 saturated carbocycles. The summed E-state index contributed by atoms with van der Waals surface area (Å²) in [6.45, 7) is 0. The number of nitrogens with two attached hydrogens (primary N) is 1. The van der Waals surface area contributed by atoms with E-state index in [0.717, 1.165) is 0 Å². The van der Waals surface area contributed by atoms with Crippen LogP contribution in [0.25, 0.3) is 0 Å². The molecule has 3 N–H and O–H groups in total. The largest absolute Gasteiger partial charge is 0.457 e. The van der Waals surface area contributed by atoms with E-state index in [2.05, 4.69) is 10.3 Å². The number of carbonyl (C=O) groups is 1. The fraction of sp³-hybridized carbons (Fsp3) is 0.0588. The van der Waals surface area contributed by atoms with Crippen LogP contribution in [0.3, 0.4) is 0 Å². The molecule has 0 saturated heterocycles. The Bertz CT molecular complexity index is 811. The number of aromatic nitrogens is 1. The lowest BCUT2D eigenvalue weighted by atomic mass is 10.1. The van der Waals surface area contributed by atoms with Gasteiger partial charge < -0.3 is 10.5 Å². The van der Waals surface area contributed by atoms with Crippen molar-refractivity contribution in [3.8, 4) is 5.75 Å². The van der Waals surface area contributed by atoms with Gasteiger partial charge in [-0.1, -0.05) is 12.2 Å². The van der Waals surface area contributed by atoms with E-state index in [1.54, 1.807) is 35.9 Å². The molecule has 1 heterocycles. The maximum Gasteiger partial charge on any atom is 0.255 e. The Morgan fingerprint density at radius 1 is 1.33 bits per heavy atom. The zero-order valence-corrected chi connectivity index (χ0v) is 13.3. The molecule has 0 spiro atoms. The molecule has 1 aliphatic carbocycles. The number of anilines is 1. The third-order valence-corrected chi connectivity index (χ3v) is 3.89. The lowest BCUT2D eigenvalue weighted by molar-refractivity contribution is -0.113. The Morgan fingerprint density at radius 2 is 2.12 bits per heavy atom. The van der Waals surface area contributed by atoms with Gasteiger partial charge in [-0.2, -0.15) is 0 Å². The number of rotatable bonds is 4. The van der Waals surface area contributed by atoms with Crippen molar-refractivity contribution in [2.24, 2.45) is 5.73 Å². The second kappa shape index (κ2) is 7.20. The van der Waals surface area contributed by atoms with Gasteiger partial charge in [-0.25, -0.2) is 9.37 Å². The maximum absolute atomic E-state index is 13.0. The van der Waals surface area contributed by atoms with Crippen LogP contribution in [-0.2, 0) is 4.79 Å². The lowest BCUT2D eigenvalue weighted by Gasteiger charge is -2.12. The van der Waals surface area contributed by atoms with Crippen LogP contribution in [0.1, 0.15) is 0 Å². The number of hydrogen-bond donors (Lipinski definition) is 2. The highest BCUT2D eigenvalue weighted by atomic mass is 32.1. The van der Waals surface area contributed by atoms with E-state index in [9.17, 15) is 9.18 Å². The number of thiazole rings is 1. The summed E-state index contributed by atoms with van der Waals surface area (Å²) in [5.41, 5.74) is 6.35. The first kappa shape index (κ1) is 16.1. The molecule has 122 valence electrons. The molecule has 1 aromatic heterocycles. The predicted octanol–water partition coefficient (Wildman–Crippen LogP) is 3.01. The van der Waals surface area contributed by atoms with E-state index in [0.29, 0.717) is 22.2 Å². The number of carbonyl (C=O) groups excluding carboxylic acids is 1. The summed E-state index contributed by atoms with van der Waals surface area (Å²) in [5, 5.41) is 4.95. The number of allylic oxidation sites excluding steroid dienone is 3. The SMILES string of the molecule is NC1C=CC=C(Oc2ccc(F)cc2)C=C1C(=O)Nc1nccs1. The second-order valence-electron chi connectivity index (χ2n) is 4.93. The minimum atomic E-state index is -0.574. The van der Waals surface area contributed by atoms with Gasteiger partial charge in [-0.05, 0) is 36.4 Å². The van der Waals surface area contributed by atoms with E-state index >= 15 is 0 Å². The number of hydrogen-bond acceptors (Lipinski definition) is 5. The van der Waals surface area contributed by atoms with Gasteiger partial charge >= 0.3 is 0 Å². The summed E-state index contributed by atoms with van der Waals surface area (Å²) in [6.07, 6.45) is 8.26. The molecule has 5 nitrogen and oxygen atoms in total. The molecule has 1 unspecified atom stereocenters. The summed E-state index contributed by atoms with van der Waals surface area (Å²) in [6, 6.07) is 5.04. The highest BCUT2D eigenvalue weighted by molar-refractivity contribution is 7.13. The van der Waals surface area contributed by atoms with Crippen LogP contribution < -0.4 is 15.8 Å². The van der Waals surface area contributed by atoms with Crippen molar-refractivity contribution in [1.29, 1.82) is 0 Å². The summed E-state index contributed by atoms with van der Waals surface area (Å²) in [4.78, 5) is 16.4. The highest BCUT2D eigenvalue weighted by Crippen LogP contribution is 2.20. The van der Waals surface area contributed by atoms with Crippen LogP contribution in [0, 0.1) is 5.82 Å². The predicted molar refractivity (Wildman–Crippen MR) is 91.1 cm³/mol. The normalized spacial score (nSPS) is 16.8. The molecule has 1 atom stereocenters. The van der Waals surface area contributed by atoms with Crippen molar-refractivity contribution in [3.63, 3.8) is 0 Å². The Kier molecular flexibility index (Phi) is 4.83. The molecule has 1 amide bonds. The zero-order chi connectivity index (χ0) is 16.9. The van der Waals surface area contributed by atoms with Crippen molar-refractivity contribution < 1.29 is 13.9 Å². The standard InChI is InChI=1S/C17H14FN3O2S/c18-11-4-6-12(7-5-11)23-13-2-1-3-15(19)14(10-13)16(22)21-17-20-8-9-24-17/h1-10,15H,19H2,(H,20,21,22). The number of nitrogens with zero attached hydrogens (tertiary/aromatic N) is 1. The van der Waals surface area contributed by atoms with Crippen LogP contribution in [0.15, 0.2) is 71.5 Å². The van der Waals surface area contributed by atoms with Gasteiger partial charge in [-0.3, -0.25) is 10.1 Å². The average molecular weight is 343 g/mol. The van der Waals surface area contributed by atoms with Crippen LogP contribution in [-0.4, -0.2) is 16.9 Å². The molecule has 1 aliphatic rings. The lowest BCUT2D eigenvalue weighted by Crippen LogP contribution is -2.29. The minimum Gasteiger partial charge on any atom is -0.457 e. The number of halogens is 1. The van der Waals surface area contributed by atoms with E-state index in [1.165, 1.54) is 35.6 Å². The quantitative estimate of drug-likeness (QED) is 0.895. The van der Waals surface area contributed by atoms with Gasteiger partial charge in [0.2, 0.25) is 0 Å². The van der Waals surface area contributed by atoms with Crippen molar-refractivity contribution in [2.45, 2.75) is 6.04 Å². The Balaban J connectivity index is 1.80. The first-order valence-electron chi connectivity index (χ1n) is 7.12. The van der Waals surface area contributed by atoms with Gasteiger partial charge in [0.25, 0.3) is 5.91 Å². The van der Waals surface area contributed by atoms with Gasteiger partial charge in [0.15, 0.2) is 5.13 Å². The van der Waals surface area contributed by atoms with E-state index < -0.39 is 6.04 Å². The van der Waals surface area contributed by atoms with Crippen LogP contribution in [0.2, 0.25) is 0 Å². The summed E-state index contributed by atoms with van der Waals surface area (Å²) >= 11 is 1.32. The highest BCUT2D eigenvalue weighted by Gasteiger charge is 2.19. The van der Waals surface area contributed by atoms with Crippen LogP contribution >= 0.6 is 11.3 Å². The average Bonchev–Trinajstić information content (AvgIpc) is 2.99. The van der Waals surface area contributed by atoms with Gasteiger partial charge in [-0.15, -0.1) is 11.3 Å². The summed E-state index contributed by atoms with van der Waals surface area (Å²) < 4.78 is 18.6. The minimum absolute atomic E-state index is 0.340. The van der Waals surface area contributed by atoms with E-state index in [-0.39, 0.29) is 11.7 Å². The van der Waals surface area contributed by atoms with Crippen molar-refractivity contribution in [3.05, 3.63) is 77.3 Å².